The summed E-state index contributed by atoms with van der Waals surface area (Å²) in [4.78, 5) is 17.6. The van der Waals surface area contributed by atoms with E-state index in [2.05, 4.69) is 27.3 Å². The molecule has 1 amide bonds. The van der Waals surface area contributed by atoms with Crippen LogP contribution in [-0.4, -0.2) is 35.0 Å². The van der Waals surface area contributed by atoms with Gasteiger partial charge >= 0.3 is 0 Å². The summed E-state index contributed by atoms with van der Waals surface area (Å²) in [7, 11) is 0. The summed E-state index contributed by atoms with van der Waals surface area (Å²) in [5, 5.41) is 2.80. The molecule has 1 N–H and O–H groups in total. The Morgan fingerprint density at radius 3 is 2.84 bits per heavy atom. The molecular weight excluding hydrogens is 314 g/mol. The molecule has 0 saturated carbocycles. The van der Waals surface area contributed by atoms with Gasteiger partial charge in [-0.25, -0.2) is 0 Å². The summed E-state index contributed by atoms with van der Waals surface area (Å²) in [6.45, 7) is 5.10. The van der Waals surface area contributed by atoms with E-state index in [4.69, 9.17) is 4.74 Å². The summed E-state index contributed by atoms with van der Waals surface area (Å²) in [6.07, 6.45) is 6.17. The minimum Gasteiger partial charge on any atom is -0.372 e. The SMILES string of the molecule is CC(=O)Nc1ccc(CN2CCCC(OCc3cccnc3)C2)cc1. The first-order valence-corrected chi connectivity index (χ1v) is 8.78. The summed E-state index contributed by atoms with van der Waals surface area (Å²) in [6, 6.07) is 12.0. The van der Waals surface area contributed by atoms with Crippen molar-refractivity contribution in [1.29, 1.82) is 0 Å². The van der Waals surface area contributed by atoms with E-state index in [1.165, 1.54) is 12.5 Å². The fourth-order valence-electron chi connectivity index (χ4n) is 3.15. The van der Waals surface area contributed by atoms with Crippen molar-refractivity contribution in [3.8, 4) is 0 Å². The van der Waals surface area contributed by atoms with Crippen LogP contribution in [0.15, 0.2) is 48.8 Å². The average Bonchev–Trinajstić information content (AvgIpc) is 2.62. The zero-order valence-corrected chi connectivity index (χ0v) is 14.6. The quantitative estimate of drug-likeness (QED) is 0.878. The fraction of sp³-hybridized carbons (Fsp3) is 0.400. The third-order valence-electron chi connectivity index (χ3n) is 4.35. The molecule has 1 saturated heterocycles. The number of hydrogen-bond acceptors (Lipinski definition) is 4. The molecule has 5 heteroatoms. The summed E-state index contributed by atoms with van der Waals surface area (Å²) in [5.41, 5.74) is 3.21. The molecule has 5 nitrogen and oxygen atoms in total. The maximum Gasteiger partial charge on any atom is 0.221 e. The number of rotatable bonds is 6. The lowest BCUT2D eigenvalue weighted by Gasteiger charge is -2.32. The molecule has 1 aliphatic rings. The van der Waals surface area contributed by atoms with Crippen LogP contribution in [0.1, 0.15) is 30.9 Å². The molecule has 0 radical (unpaired) electrons. The Balaban J connectivity index is 1.48. The van der Waals surface area contributed by atoms with Crippen molar-refractivity contribution in [2.24, 2.45) is 0 Å². The number of nitrogens with zero attached hydrogens (tertiary/aromatic N) is 2. The lowest BCUT2D eigenvalue weighted by Crippen LogP contribution is -2.39. The van der Waals surface area contributed by atoms with E-state index in [9.17, 15) is 4.79 Å². The Hall–Kier alpha value is -2.24. The highest BCUT2D eigenvalue weighted by molar-refractivity contribution is 5.88. The van der Waals surface area contributed by atoms with E-state index < -0.39 is 0 Å². The van der Waals surface area contributed by atoms with Crippen molar-refractivity contribution in [1.82, 2.24) is 9.88 Å². The highest BCUT2D eigenvalue weighted by Gasteiger charge is 2.20. The van der Waals surface area contributed by atoms with Gasteiger partial charge in [-0.15, -0.1) is 0 Å². The molecule has 1 atom stereocenters. The monoisotopic (exact) mass is 339 g/mol. The number of hydrogen-bond donors (Lipinski definition) is 1. The number of piperidine rings is 1. The number of nitrogens with one attached hydrogen (secondary N) is 1. The number of ether oxygens (including phenoxy) is 1. The van der Waals surface area contributed by atoms with Gasteiger partial charge < -0.3 is 10.1 Å². The second-order valence-electron chi connectivity index (χ2n) is 6.55. The van der Waals surface area contributed by atoms with Gasteiger partial charge in [0.05, 0.1) is 12.7 Å². The maximum atomic E-state index is 11.1. The van der Waals surface area contributed by atoms with E-state index in [0.717, 1.165) is 43.7 Å². The molecule has 1 fully saturated rings. The topological polar surface area (TPSA) is 54.5 Å². The van der Waals surface area contributed by atoms with Crippen LogP contribution >= 0.6 is 0 Å². The molecule has 1 aliphatic heterocycles. The normalized spacial score (nSPS) is 18.0. The summed E-state index contributed by atoms with van der Waals surface area (Å²) < 4.78 is 6.07. The molecule has 0 bridgehead atoms. The third-order valence-corrected chi connectivity index (χ3v) is 4.35. The number of aromatic nitrogens is 1. The van der Waals surface area contributed by atoms with Gasteiger partial charge in [-0.3, -0.25) is 14.7 Å². The average molecular weight is 339 g/mol. The van der Waals surface area contributed by atoms with E-state index in [1.54, 1.807) is 6.20 Å². The van der Waals surface area contributed by atoms with Gasteiger partial charge in [0, 0.05) is 38.1 Å². The standard InChI is InChI=1S/C20H25N3O2/c1-16(24)22-19-8-6-17(7-9-19)13-23-11-3-5-20(14-23)25-15-18-4-2-10-21-12-18/h2,4,6-10,12,20H,3,5,11,13-15H2,1H3,(H,22,24). The first kappa shape index (κ1) is 17.6. The second-order valence-corrected chi connectivity index (χ2v) is 6.55. The predicted molar refractivity (Wildman–Crippen MR) is 98.1 cm³/mol. The van der Waals surface area contributed by atoms with Gasteiger partial charge in [0.2, 0.25) is 5.91 Å². The predicted octanol–water partition coefficient (Wildman–Crippen LogP) is 3.22. The van der Waals surface area contributed by atoms with Gasteiger partial charge in [0.15, 0.2) is 0 Å². The zero-order valence-electron chi connectivity index (χ0n) is 14.6. The minimum absolute atomic E-state index is 0.0441. The largest absolute Gasteiger partial charge is 0.372 e. The number of carbonyl (C=O) groups is 1. The molecule has 1 aromatic carbocycles. The molecule has 1 aromatic heterocycles. The second kappa shape index (κ2) is 8.74. The molecule has 132 valence electrons. The van der Waals surface area contributed by atoms with Crippen LogP contribution in [0.5, 0.6) is 0 Å². The van der Waals surface area contributed by atoms with Gasteiger partial charge in [-0.1, -0.05) is 18.2 Å². The number of amides is 1. The smallest absolute Gasteiger partial charge is 0.221 e. The third kappa shape index (κ3) is 5.66. The maximum absolute atomic E-state index is 11.1. The Labute approximate surface area is 149 Å². The number of likely N-dealkylation sites (tertiary alicyclic amines) is 1. The van der Waals surface area contributed by atoms with E-state index in [-0.39, 0.29) is 12.0 Å². The first-order valence-electron chi connectivity index (χ1n) is 8.78. The molecule has 0 spiro atoms. The first-order chi connectivity index (χ1) is 12.2. The van der Waals surface area contributed by atoms with Crippen molar-refractivity contribution in [3.05, 3.63) is 59.9 Å². The van der Waals surface area contributed by atoms with Crippen LogP contribution in [-0.2, 0) is 22.7 Å². The number of carbonyl (C=O) groups excluding carboxylic acids is 1. The van der Waals surface area contributed by atoms with E-state index in [0.29, 0.717) is 6.61 Å². The van der Waals surface area contributed by atoms with Crippen LogP contribution in [0.2, 0.25) is 0 Å². The molecular formula is C20H25N3O2. The lowest BCUT2D eigenvalue weighted by molar-refractivity contribution is -0.114. The van der Waals surface area contributed by atoms with Crippen molar-refractivity contribution in [3.63, 3.8) is 0 Å². The van der Waals surface area contributed by atoms with Gasteiger partial charge in [0.1, 0.15) is 0 Å². The molecule has 0 aliphatic carbocycles. The van der Waals surface area contributed by atoms with Crippen molar-refractivity contribution in [2.75, 3.05) is 18.4 Å². The number of pyridine rings is 1. The Morgan fingerprint density at radius 1 is 1.28 bits per heavy atom. The fourth-order valence-corrected chi connectivity index (χ4v) is 3.15. The van der Waals surface area contributed by atoms with Gasteiger partial charge in [-0.05, 0) is 48.7 Å². The van der Waals surface area contributed by atoms with E-state index >= 15 is 0 Å². The molecule has 25 heavy (non-hydrogen) atoms. The van der Waals surface area contributed by atoms with Crippen molar-refractivity contribution < 1.29 is 9.53 Å². The van der Waals surface area contributed by atoms with Crippen molar-refractivity contribution >= 4 is 11.6 Å². The van der Waals surface area contributed by atoms with Crippen LogP contribution in [0.25, 0.3) is 0 Å². The number of benzene rings is 1. The highest BCUT2D eigenvalue weighted by Crippen LogP contribution is 2.18. The molecule has 2 heterocycles. The molecule has 2 aromatic rings. The minimum atomic E-state index is -0.0441. The summed E-state index contributed by atoms with van der Waals surface area (Å²) >= 11 is 0. The zero-order chi connectivity index (χ0) is 17.5. The summed E-state index contributed by atoms with van der Waals surface area (Å²) in [5.74, 6) is -0.0441. The van der Waals surface area contributed by atoms with Crippen LogP contribution in [0.4, 0.5) is 5.69 Å². The molecule has 1 unspecified atom stereocenters. The molecule has 3 rings (SSSR count). The Kier molecular flexibility index (Phi) is 6.14. The van der Waals surface area contributed by atoms with Crippen LogP contribution in [0, 0.1) is 0 Å². The van der Waals surface area contributed by atoms with E-state index in [1.807, 2.05) is 30.5 Å². The lowest BCUT2D eigenvalue weighted by atomic mass is 10.1. The Morgan fingerprint density at radius 2 is 2.12 bits per heavy atom. The van der Waals surface area contributed by atoms with Gasteiger partial charge in [0.25, 0.3) is 0 Å². The number of anilines is 1. The Bertz CT molecular complexity index is 673. The van der Waals surface area contributed by atoms with Crippen molar-refractivity contribution in [2.45, 2.75) is 39.0 Å². The van der Waals surface area contributed by atoms with Crippen LogP contribution in [0.3, 0.4) is 0 Å². The highest BCUT2D eigenvalue weighted by atomic mass is 16.5. The van der Waals surface area contributed by atoms with Gasteiger partial charge in [-0.2, -0.15) is 0 Å². The van der Waals surface area contributed by atoms with Crippen LogP contribution < -0.4 is 5.32 Å².